The second kappa shape index (κ2) is 11.4. The molecule has 0 radical (unpaired) electrons. The van der Waals surface area contributed by atoms with Crippen LogP contribution in [0.2, 0.25) is 0 Å². The van der Waals surface area contributed by atoms with Crippen LogP contribution in [0, 0.1) is 18.6 Å². The van der Waals surface area contributed by atoms with Crippen molar-refractivity contribution in [2.75, 3.05) is 20.6 Å². The van der Waals surface area contributed by atoms with E-state index < -0.39 is 5.82 Å². The van der Waals surface area contributed by atoms with Gasteiger partial charge in [-0.15, -0.1) is 0 Å². The highest BCUT2D eigenvalue weighted by Gasteiger charge is 2.20. The average molecular weight is 512 g/mol. The number of nitrogens with zero attached hydrogens (tertiary/aromatic N) is 3. The first kappa shape index (κ1) is 26.7. The zero-order chi connectivity index (χ0) is 27.4. The Bertz CT molecular complexity index is 1600. The van der Waals surface area contributed by atoms with Crippen molar-refractivity contribution in [3.63, 3.8) is 0 Å². The van der Waals surface area contributed by atoms with E-state index >= 15 is 4.39 Å². The van der Waals surface area contributed by atoms with Crippen molar-refractivity contribution in [1.29, 1.82) is 0 Å². The molecule has 2 aromatic heterocycles. The van der Waals surface area contributed by atoms with Crippen LogP contribution in [0.3, 0.4) is 0 Å². The molecule has 0 aliphatic rings. The fourth-order valence-corrected chi connectivity index (χ4v) is 4.42. The van der Waals surface area contributed by atoms with Crippen molar-refractivity contribution in [1.82, 2.24) is 25.1 Å². The van der Waals surface area contributed by atoms with Crippen LogP contribution >= 0.6 is 0 Å². The lowest BCUT2D eigenvalue weighted by atomic mass is 9.99. The zero-order valence-electron chi connectivity index (χ0n) is 22.1. The largest absolute Gasteiger partial charge is 0.340 e. The third-order valence-corrected chi connectivity index (χ3v) is 6.16. The van der Waals surface area contributed by atoms with Gasteiger partial charge in [0, 0.05) is 23.2 Å². The lowest BCUT2D eigenvalue weighted by Gasteiger charge is -2.12. The van der Waals surface area contributed by atoms with E-state index in [4.69, 9.17) is 4.98 Å². The van der Waals surface area contributed by atoms with Crippen molar-refractivity contribution in [3.8, 4) is 11.5 Å². The van der Waals surface area contributed by atoms with Crippen molar-refractivity contribution in [2.24, 2.45) is 0 Å². The predicted molar refractivity (Wildman–Crippen MR) is 153 cm³/mol. The Balaban J connectivity index is 1.82. The summed E-state index contributed by atoms with van der Waals surface area (Å²) in [5.74, 6) is -0.275. The summed E-state index contributed by atoms with van der Waals surface area (Å²) in [5.41, 5.74) is 6.19. The van der Waals surface area contributed by atoms with E-state index in [0.717, 1.165) is 22.4 Å². The molecule has 0 bridgehead atoms. The quantitative estimate of drug-likeness (QED) is 0.233. The van der Waals surface area contributed by atoms with E-state index in [0.29, 0.717) is 40.3 Å². The number of benzene rings is 2. The maximum absolute atomic E-state index is 15.2. The summed E-state index contributed by atoms with van der Waals surface area (Å²) in [7, 11) is 3.97. The number of H-pyrrole nitrogens is 2. The summed E-state index contributed by atoms with van der Waals surface area (Å²) in [6.45, 7) is 12.2. The highest BCUT2D eigenvalue weighted by Crippen LogP contribution is 2.33. The topological polar surface area (TPSA) is 60.6 Å². The van der Waals surface area contributed by atoms with Gasteiger partial charge in [0.05, 0.1) is 5.69 Å². The van der Waals surface area contributed by atoms with Gasteiger partial charge in [0.2, 0.25) is 0 Å². The number of imidazole rings is 1. The molecule has 194 valence electrons. The third-order valence-electron chi connectivity index (χ3n) is 6.16. The van der Waals surface area contributed by atoms with E-state index in [-0.39, 0.29) is 11.3 Å². The Kier molecular flexibility index (Phi) is 7.98. The Morgan fingerprint density at radius 2 is 1.89 bits per heavy atom. The van der Waals surface area contributed by atoms with Gasteiger partial charge in [0.1, 0.15) is 17.0 Å². The standard InChI is InChI=1S/C31H31F2N5/c1-7-11-25(22-12-10-13-24(32)15-22)28-19(4)34-31(35-28)30-26-16-23(17-27(33)29(26)36-37-30)21(9-3)14-20(8-2)18-38(5)6/h7-17H,1-2,18H2,3-6H3,(H,34,35)(H,36,37)/b20-14+,21-9+,25-11-. The number of hydrogen-bond donors (Lipinski definition) is 2. The van der Waals surface area contributed by atoms with Crippen LogP contribution in [0.4, 0.5) is 8.78 Å². The van der Waals surface area contributed by atoms with Gasteiger partial charge in [-0.3, -0.25) is 5.10 Å². The molecule has 0 amide bonds. The van der Waals surface area contributed by atoms with Crippen LogP contribution in [0.1, 0.15) is 29.4 Å². The second-order valence-electron chi connectivity index (χ2n) is 9.24. The first-order valence-electron chi connectivity index (χ1n) is 12.2. The van der Waals surface area contributed by atoms with Gasteiger partial charge in [-0.05, 0) is 74.5 Å². The molecule has 2 aromatic carbocycles. The molecule has 0 spiro atoms. The SMILES string of the molecule is C=C/C=C(/c1cccc(F)c1)c1nc(-c2[nH]nc3c(F)cc(C(/C=C(\C=C)CN(C)C)=C/C)cc23)[nH]c1C. The normalized spacial score (nSPS) is 13.0. The summed E-state index contributed by atoms with van der Waals surface area (Å²) in [5, 5.41) is 7.78. The molecular weight excluding hydrogens is 480 g/mol. The van der Waals surface area contributed by atoms with Crippen LogP contribution in [-0.4, -0.2) is 45.7 Å². The molecule has 0 atom stereocenters. The number of likely N-dealkylation sites (N-methyl/N-ethyl adjacent to an activating group) is 1. The summed E-state index contributed by atoms with van der Waals surface area (Å²) >= 11 is 0. The first-order valence-corrected chi connectivity index (χ1v) is 12.2. The van der Waals surface area contributed by atoms with Crippen molar-refractivity contribution in [3.05, 3.63) is 120 Å². The van der Waals surface area contributed by atoms with Crippen LogP contribution < -0.4 is 0 Å². The molecule has 0 fully saturated rings. The highest BCUT2D eigenvalue weighted by atomic mass is 19.1. The van der Waals surface area contributed by atoms with Crippen molar-refractivity contribution < 1.29 is 8.78 Å². The first-order chi connectivity index (χ1) is 18.2. The van der Waals surface area contributed by atoms with E-state index in [1.165, 1.54) is 18.2 Å². The highest BCUT2D eigenvalue weighted by molar-refractivity contribution is 5.95. The predicted octanol–water partition coefficient (Wildman–Crippen LogP) is 7.23. The molecule has 4 aromatic rings. The van der Waals surface area contributed by atoms with Crippen LogP contribution in [-0.2, 0) is 0 Å². The second-order valence-corrected chi connectivity index (χ2v) is 9.24. The van der Waals surface area contributed by atoms with Gasteiger partial charge in [0.15, 0.2) is 11.6 Å². The van der Waals surface area contributed by atoms with Crippen molar-refractivity contribution >= 4 is 22.0 Å². The molecule has 2 N–H and O–H groups in total. The lowest BCUT2D eigenvalue weighted by Crippen LogP contribution is -2.14. The molecule has 0 aliphatic heterocycles. The van der Waals surface area contributed by atoms with Gasteiger partial charge >= 0.3 is 0 Å². The molecule has 0 saturated heterocycles. The maximum atomic E-state index is 15.2. The minimum Gasteiger partial charge on any atom is -0.340 e. The fraction of sp³-hybridized carbons (Fsp3) is 0.161. The van der Waals surface area contributed by atoms with Crippen LogP contribution in [0.15, 0.2) is 85.5 Å². The molecule has 5 nitrogen and oxygen atoms in total. The maximum Gasteiger partial charge on any atom is 0.156 e. The Labute approximate surface area is 221 Å². The lowest BCUT2D eigenvalue weighted by molar-refractivity contribution is 0.449. The van der Waals surface area contributed by atoms with E-state index in [9.17, 15) is 4.39 Å². The minimum absolute atomic E-state index is 0.225. The molecular formula is C31H31F2N5. The van der Waals surface area contributed by atoms with Crippen LogP contribution in [0.5, 0.6) is 0 Å². The number of aromatic nitrogens is 4. The Morgan fingerprint density at radius 3 is 2.55 bits per heavy atom. The summed E-state index contributed by atoms with van der Waals surface area (Å²) < 4.78 is 29.2. The van der Waals surface area contributed by atoms with E-state index in [1.807, 2.05) is 58.3 Å². The minimum atomic E-state index is -0.434. The molecule has 0 unspecified atom stereocenters. The Morgan fingerprint density at radius 1 is 1.11 bits per heavy atom. The molecule has 0 saturated carbocycles. The monoisotopic (exact) mass is 511 g/mol. The van der Waals surface area contributed by atoms with Crippen molar-refractivity contribution in [2.45, 2.75) is 13.8 Å². The smallest absolute Gasteiger partial charge is 0.156 e. The third kappa shape index (κ3) is 5.48. The van der Waals surface area contributed by atoms with E-state index in [1.54, 1.807) is 18.2 Å². The number of aryl methyl sites for hydroxylation is 1. The number of hydrogen-bond acceptors (Lipinski definition) is 3. The number of allylic oxidation sites excluding steroid dienone is 5. The summed E-state index contributed by atoms with van der Waals surface area (Å²) in [6, 6.07) is 9.72. The van der Waals surface area contributed by atoms with Gasteiger partial charge in [-0.1, -0.05) is 55.7 Å². The van der Waals surface area contributed by atoms with E-state index in [2.05, 4.69) is 33.2 Å². The number of aromatic amines is 2. The summed E-state index contributed by atoms with van der Waals surface area (Å²) in [6.07, 6.45) is 9.19. The summed E-state index contributed by atoms with van der Waals surface area (Å²) in [4.78, 5) is 10.2. The Hall–Kier alpha value is -4.36. The van der Waals surface area contributed by atoms with Gasteiger partial charge < -0.3 is 9.88 Å². The molecule has 4 rings (SSSR count). The van der Waals surface area contributed by atoms with Gasteiger partial charge in [-0.25, -0.2) is 13.8 Å². The number of rotatable bonds is 9. The molecule has 2 heterocycles. The number of nitrogens with one attached hydrogen (secondary N) is 2. The van der Waals surface area contributed by atoms with Crippen LogP contribution in [0.25, 0.3) is 33.6 Å². The molecule has 38 heavy (non-hydrogen) atoms. The van der Waals surface area contributed by atoms with Gasteiger partial charge in [0.25, 0.3) is 0 Å². The van der Waals surface area contributed by atoms with Gasteiger partial charge in [-0.2, -0.15) is 5.10 Å². The fourth-order valence-electron chi connectivity index (χ4n) is 4.42. The number of fused-ring (bicyclic) bond motifs is 1. The molecule has 0 aliphatic carbocycles. The number of halogens is 2. The average Bonchev–Trinajstić information content (AvgIpc) is 3.48. The zero-order valence-corrected chi connectivity index (χ0v) is 22.1. The molecule has 7 heteroatoms.